The number of hydrogen-bond acceptors (Lipinski definition) is 0. The molecule has 10 aromatic rings. The summed E-state index contributed by atoms with van der Waals surface area (Å²) >= 11 is 0. The summed E-state index contributed by atoms with van der Waals surface area (Å²) in [5.41, 5.74) is 7.66. The van der Waals surface area contributed by atoms with Crippen molar-refractivity contribution >= 4 is 81.0 Å². The first-order chi connectivity index (χ1) is 25.8. The summed E-state index contributed by atoms with van der Waals surface area (Å²) in [5, 5.41) is 18.4. The van der Waals surface area contributed by atoms with Crippen LogP contribution in [0.15, 0.2) is 183 Å². The van der Waals surface area contributed by atoms with Crippen molar-refractivity contribution in [3.05, 3.63) is 189 Å². The SMILES string of the molecule is C=CC1C=CC=C(c2ccc3c4c(-c5ccccc5)c5cc6c7ccccc7c7cccc(c5c(-c5ccccc5)c4c4cccc2c34)c76)C1C=C. The van der Waals surface area contributed by atoms with Gasteiger partial charge in [0.15, 0.2) is 0 Å². The van der Waals surface area contributed by atoms with Crippen molar-refractivity contribution in [2.75, 3.05) is 0 Å². The van der Waals surface area contributed by atoms with Crippen LogP contribution in [0, 0.1) is 11.8 Å². The van der Waals surface area contributed by atoms with Gasteiger partial charge in [0.1, 0.15) is 0 Å². The lowest BCUT2D eigenvalue weighted by Crippen LogP contribution is -2.13. The molecule has 2 atom stereocenters. The van der Waals surface area contributed by atoms with E-state index >= 15 is 0 Å². The molecule has 0 spiro atoms. The standard InChI is InChI=1S/C52H34/c1-3-31-20-13-23-35(34(31)4-2)38-28-29-43-48-40(38)25-15-27-42(48)52-47(33-18-9-6-10-19-33)50-41-26-14-24-39-36-21-11-12-22-37(36)44(49(39)41)30-45(50)46(51(43)52)32-16-7-5-8-17-32/h3-31,34H,1-2H2. The second kappa shape index (κ2) is 11.0. The van der Waals surface area contributed by atoms with E-state index in [0.717, 1.165) is 0 Å². The summed E-state index contributed by atoms with van der Waals surface area (Å²) in [6.07, 6.45) is 10.8. The Bertz CT molecular complexity index is 3140. The molecule has 11 rings (SSSR count). The maximum atomic E-state index is 4.27. The zero-order chi connectivity index (χ0) is 34.5. The fourth-order valence-electron chi connectivity index (χ4n) is 9.77. The minimum atomic E-state index is 0.165. The van der Waals surface area contributed by atoms with Crippen LogP contribution in [-0.2, 0) is 0 Å². The highest BCUT2D eigenvalue weighted by Crippen LogP contribution is 2.55. The second-order valence-electron chi connectivity index (χ2n) is 14.3. The molecule has 0 saturated heterocycles. The van der Waals surface area contributed by atoms with Crippen LogP contribution in [0.3, 0.4) is 0 Å². The van der Waals surface area contributed by atoms with E-state index in [4.69, 9.17) is 0 Å². The molecule has 0 amide bonds. The van der Waals surface area contributed by atoms with Gasteiger partial charge in [-0.3, -0.25) is 0 Å². The largest absolute Gasteiger partial charge is 0.102 e. The Labute approximate surface area is 302 Å². The molecular weight excluding hydrogens is 625 g/mol. The normalized spacial score (nSPS) is 16.3. The number of benzene rings is 8. The monoisotopic (exact) mass is 658 g/mol. The molecule has 0 heterocycles. The Kier molecular flexibility index (Phi) is 6.19. The minimum absolute atomic E-state index is 0.165. The van der Waals surface area contributed by atoms with E-state index in [2.05, 4.69) is 177 Å². The third-order valence-corrected chi connectivity index (χ3v) is 11.9. The first kappa shape index (κ1) is 29.3. The van der Waals surface area contributed by atoms with Gasteiger partial charge in [-0.2, -0.15) is 0 Å². The molecule has 0 radical (unpaired) electrons. The van der Waals surface area contributed by atoms with Crippen molar-refractivity contribution in [3.8, 4) is 22.3 Å². The number of fused-ring (bicyclic) bond motifs is 8. The number of allylic oxidation sites excluding steroid dienone is 6. The molecular formula is C52H34. The van der Waals surface area contributed by atoms with Crippen molar-refractivity contribution in [1.29, 1.82) is 0 Å². The van der Waals surface area contributed by atoms with E-state index in [1.807, 2.05) is 6.08 Å². The van der Waals surface area contributed by atoms with Gasteiger partial charge >= 0.3 is 0 Å². The van der Waals surface area contributed by atoms with Crippen LogP contribution in [0.1, 0.15) is 5.56 Å². The predicted molar refractivity (Wildman–Crippen MR) is 227 cm³/mol. The van der Waals surface area contributed by atoms with Gasteiger partial charge in [0.2, 0.25) is 0 Å². The molecule has 0 aliphatic heterocycles. The maximum Gasteiger partial charge on any atom is 0.0119 e. The van der Waals surface area contributed by atoms with E-state index in [1.54, 1.807) is 0 Å². The minimum Gasteiger partial charge on any atom is -0.102 e. The molecule has 0 N–H and O–H groups in total. The van der Waals surface area contributed by atoms with Gasteiger partial charge < -0.3 is 0 Å². The maximum absolute atomic E-state index is 4.27. The van der Waals surface area contributed by atoms with Crippen molar-refractivity contribution < 1.29 is 0 Å². The first-order valence-electron chi connectivity index (χ1n) is 18.3. The van der Waals surface area contributed by atoms with Crippen LogP contribution in [0.4, 0.5) is 0 Å². The highest BCUT2D eigenvalue weighted by molar-refractivity contribution is 6.45. The highest BCUT2D eigenvalue weighted by Gasteiger charge is 2.28. The summed E-state index contributed by atoms with van der Waals surface area (Å²) < 4.78 is 0. The van der Waals surface area contributed by atoms with Crippen molar-refractivity contribution in [2.24, 2.45) is 11.8 Å². The average Bonchev–Trinajstić information content (AvgIpc) is 3.72. The Hall–Kier alpha value is -6.50. The topological polar surface area (TPSA) is 0 Å². The van der Waals surface area contributed by atoms with Crippen LogP contribution in [-0.4, -0.2) is 0 Å². The Balaban J connectivity index is 1.41. The average molecular weight is 659 g/mol. The van der Waals surface area contributed by atoms with Gasteiger partial charge in [-0.25, -0.2) is 0 Å². The lowest BCUT2D eigenvalue weighted by Gasteiger charge is -2.26. The molecule has 242 valence electrons. The molecule has 0 saturated carbocycles. The van der Waals surface area contributed by atoms with Crippen molar-refractivity contribution in [1.82, 2.24) is 0 Å². The molecule has 0 fully saturated rings. The van der Waals surface area contributed by atoms with E-state index in [0.29, 0.717) is 0 Å². The van der Waals surface area contributed by atoms with E-state index < -0.39 is 0 Å². The smallest absolute Gasteiger partial charge is 0.0119 e. The van der Waals surface area contributed by atoms with E-state index in [9.17, 15) is 0 Å². The molecule has 1 aliphatic carbocycles. The quantitative estimate of drug-likeness (QED) is 0.128. The van der Waals surface area contributed by atoms with Gasteiger partial charge in [-0.05, 0) is 115 Å². The van der Waals surface area contributed by atoms with Gasteiger partial charge in [0.25, 0.3) is 0 Å². The molecule has 0 bridgehead atoms. The lowest BCUT2D eigenvalue weighted by molar-refractivity contribution is 0.689. The molecule has 52 heavy (non-hydrogen) atoms. The predicted octanol–water partition coefficient (Wildman–Crippen LogP) is 14.5. The van der Waals surface area contributed by atoms with E-state index in [-0.39, 0.29) is 11.8 Å². The van der Waals surface area contributed by atoms with Gasteiger partial charge in [0, 0.05) is 11.8 Å². The number of hydrogen-bond donors (Lipinski definition) is 0. The fourth-order valence-corrected chi connectivity index (χ4v) is 9.77. The van der Waals surface area contributed by atoms with Gasteiger partial charge in [-0.15, -0.1) is 13.2 Å². The summed E-state index contributed by atoms with van der Waals surface area (Å²) in [5.74, 6) is 0.381. The summed E-state index contributed by atoms with van der Waals surface area (Å²) in [6, 6.07) is 52.2. The van der Waals surface area contributed by atoms with E-state index in [1.165, 1.54) is 109 Å². The molecule has 0 aromatic heterocycles. The zero-order valence-corrected chi connectivity index (χ0v) is 28.7. The Morgan fingerprint density at radius 3 is 1.67 bits per heavy atom. The molecule has 10 aromatic carbocycles. The molecule has 2 unspecified atom stereocenters. The van der Waals surface area contributed by atoms with Crippen LogP contribution in [0.2, 0.25) is 0 Å². The zero-order valence-electron chi connectivity index (χ0n) is 28.7. The van der Waals surface area contributed by atoms with Crippen LogP contribution in [0.5, 0.6) is 0 Å². The summed E-state index contributed by atoms with van der Waals surface area (Å²) in [6.45, 7) is 8.44. The third-order valence-electron chi connectivity index (χ3n) is 11.9. The summed E-state index contributed by atoms with van der Waals surface area (Å²) in [4.78, 5) is 0. The van der Waals surface area contributed by atoms with Crippen LogP contribution in [0.25, 0.3) is 103 Å². The molecule has 0 nitrogen and oxygen atoms in total. The molecule has 0 heteroatoms. The third kappa shape index (κ3) is 3.82. The molecule has 1 aliphatic rings. The van der Waals surface area contributed by atoms with Crippen molar-refractivity contribution in [2.45, 2.75) is 0 Å². The lowest BCUT2D eigenvalue weighted by atomic mass is 9.78. The second-order valence-corrected chi connectivity index (χ2v) is 14.3. The van der Waals surface area contributed by atoms with Crippen LogP contribution >= 0.6 is 0 Å². The summed E-state index contributed by atoms with van der Waals surface area (Å²) in [7, 11) is 0. The number of rotatable bonds is 5. The van der Waals surface area contributed by atoms with Gasteiger partial charge in [-0.1, -0.05) is 164 Å². The Morgan fingerprint density at radius 2 is 0.962 bits per heavy atom. The highest BCUT2D eigenvalue weighted by atomic mass is 14.3. The Morgan fingerprint density at radius 1 is 0.404 bits per heavy atom. The van der Waals surface area contributed by atoms with Crippen molar-refractivity contribution in [3.63, 3.8) is 0 Å². The van der Waals surface area contributed by atoms with Crippen LogP contribution < -0.4 is 0 Å². The first-order valence-corrected chi connectivity index (χ1v) is 18.3. The van der Waals surface area contributed by atoms with Gasteiger partial charge in [0.05, 0.1) is 0 Å². The fraction of sp³-hybridized carbons (Fsp3) is 0.0385.